The molecular weight excluding hydrogens is 278 g/mol. The van der Waals surface area contributed by atoms with Crippen LogP contribution in [0.2, 0.25) is 0 Å². The van der Waals surface area contributed by atoms with Crippen LogP contribution in [0.5, 0.6) is 0 Å². The highest BCUT2D eigenvalue weighted by atomic mass is 16.5. The highest BCUT2D eigenvalue weighted by Crippen LogP contribution is 2.06. The summed E-state index contributed by atoms with van der Waals surface area (Å²) in [6, 6.07) is 15.8. The molecule has 0 aliphatic carbocycles. The number of rotatable bonds is 5. The van der Waals surface area contributed by atoms with E-state index in [9.17, 15) is 9.59 Å². The summed E-state index contributed by atoms with van der Waals surface area (Å²) in [6.45, 7) is 3.81. The summed E-state index contributed by atoms with van der Waals surface area (Å²) in [5.41, 5.74) is 2.58. The van der Waals surface area contributed by atoms with Crippen LogP contribution in [0, 0.1) is 6.92 Å². The smallest absolute Gasteiger partial charge is 0.328 e. The van der Waals surface area contributed by atoms with Crippen LogP contribution in [0.3, 0.4) is 0 Å². The molecule has 0 radical (unpaired) electrons. The molecule has 0 saturated carbocycles. The highest BCUT2D eigenvalue weighted by Gasteiger charge is 2.17. The molecule has 0 saturated heterocycles. The highest BCUT2D eigenvalue weighted by molar-refractivity contribution is 5.96. The van der Waals surface area contributed by atoms with Crippen LogP contribution in [-0.4, -0.2) is 17.9 Å². The van der Waals surface area contributed by atoms with Gasteiger partial charge in [0.1, 0.15) is 12.6 Å². The summed E-state index contributed by atoms with van der Waals surface area (Å²) >= 11 is 0. The van der Waals surface area contributed by atoms with Gasteiger partial charge >= 0.3 is 5.97 Å². The van der Waals surface area contributed by atoms with Gasteiger partial charge < -0.3 is 10.1 Å². The second-order valence-corrected chi connectivity index (χ2v) is 5.15. The molecule has 2 aromatic carbocycles. The van der Waals surface area contributed by atoms with E-state index in [1.165, 1.54) is 0 Å². The number of hydrogen-bond donors (Lipinski definition) is 1. The molecule has 0 bridgehead atoms. The Balaban J connectivity index is 1.84. The van der Waals surface area contributed by atoms with Gasteiger partial charge in [-0.25, -0.2) is 4.79 Å². The summed E-state index contributed by atoms with van der Waals surface area (Å²) in [6.07, 6.45) is 0. The largest absolute Gasteiger partial charge is 0.459 e. The van der Waals surface area contributed by atoms with Crippen molar-refractivity contribution in [1.82, 2.24) is 5.32 Å². The fourth-order valence-electron chi connectivity index (χ4n) is 1.89. The summed E-state index contributed by atoms with van der Waals surface area (Å²) in [5.74, 6) is -0.745. The first-order chi connectivity index (χ1) is 10.6. The van der Waals surface area contributed by atoms with Crippen molar-refractivity contribution in [3.63, 3.8) is 0 Å². The molecule has 0 aromatic heterocycles. The van der Waals surface area contributed by atoms with E-state index in [4.69, 9.17) is 4.74 Å². The lowest BCUT2D eigenvalue weighted by atomic mass is 10.2. The van der Waals surface area contributed by atoms with E-state index in [1.807, 2.05) is 37.3 Å². The van der Waals surface area contributed by atoms with Crippen molar-refractivity contribution in [3.8, 4) is 0 Å². The monoisotopic (exact) mass is 297 g/mol. The van der Waals surface area contributed by atoms with Crippen LogP contribution in [0.15, 0.2) is 54.6 Å². The molecule has 1 N–H and O–H groups in total. The zero-order valence-corrected chi connectivity index (χ0v) is 12.7. The minimum atomic E-state index is -0.696. The Kier molecular flexibility index (Phi) is 5.31. The fourth-order valence-corrected chi connectivity index (χ4v) is 1.89. The molecular formula is C18H19NO3. The van der Waals surface area contributed by atoms with Crippen molar-refractivity contribution in [2.45, 2.75) is 26.5 Å². The number of aryl methyl sites for hydroxylation is 1. The molecule has 0 unspecified atom stereocenters. The topological polar surface area (TPSA) is 55.4 Å². The van der Waals surface area contributed by atoms with E-state index in [0.29, 0.717) is 5.56 Å². The Hall–Kier alpha value is -2.62. The second kappa shape index (κ2) is 7.41. The number of benzene rings is 2. The molecule has 114 valence electrons. The van der Waals surface area contributed by atoms with E-state index < -0.39 is 12.0 Å². The lowest BCUT2D eigenvalue weighted by molar-refractivity contribution is -0.146. The quantitative estimate of drug-likeness (QED) is 0.863. The van der Waals surface area contributed by atoms with Crippen LogP contribution < -0.4 is 5.32 Å². The Morgan fingerprint density at radius 1 is 1.05 bits per heavy atom. The third-order valence-electron chi connectivity index (χ3n) is 3.24. The first kappa shape index (κ1) is 15.8. The van der Waals surface area contributed by atoms with Crippen molar-refractivity contribution in [2.24, 2.45) is 0 Å². The first-order valence-corrected chi connectivity index (χ1v) is 7.14. The Bertz CT molecular complexity index is 635. The summed E-state index contributed by atoms with van der Waals surface area (Å²) in [7, 11) is 0. The minimum absolute atomic E-state index is 0.199. The van der Waals surface area contributed by atoms with Crippen molar-refractivity contribution in [1.29, 1.82) is 0 Å². The van der Waals surface area contributed by atoms with E-state index in [-0.39, 0.29) is 12.5 Å². The second-order valence-electron chi connectivity index (χ2n) is 5.15. The zero-order valence-electron chi connectivity index (χ0n) is 12.7. The van der Waals surface area contributed by atoms with Gasteiger partial charge in [-0.15, -0.1) is 0 Å². The lowest BCUT2D eigenvalue weighted by Crippen LogP contribution is -2.39. The van der Waals surface area contributed by atoms with Crippen LogP contribution >= 0.6 is 0 Å². The number of carbonyl (C=O) groups excluding carboxylic acids is 2. The van der Waals surface area contributed by atoms with Gasteiger partial charge in [-0.05, 0) is 31.5 Å². The van der Waals surface area contributed by atoms with Crippen molar-refractivity contribution in [2.75, 3.05) is 0 Å². The third-order valence-corrected chi connectivity index (χ3v) is 3.24. The predicted octanol–water partition coefficient (Wildman–Crippen LogP) is 2.86. The fraction of sp³-hybridized carbons (Fsp3) is 0.222. The van der Waals surface area contributed by atoms with Gasteiger partial charge in [0.05, 0.1) is 0 Å². The number of hydrogen-bond acceptors (Lipinski definition) is 3. The van der Waals surface area contributed by atoms with E-state index >= 15 is 0 Å². The van der Waals surface area contributed by atoms with Crippen LogP contribution in [-0.2, 0) is 16.1 Å². The molecule has 1 atom stereocenters. The van der Waals surface area contributed by atoms with Gasteiger partial charge in [0.2, 0.25) is 0 Å². The lowest BCUT2D eigenvalue weighted by Gasteiger charge is -2.13. The number of amides is 1. The van der Waals surface area contributed by atoms with Crippen LogP contribution in [0.4, 0.5) is 0 Å². The van der Waals surface area contributed by atoms with Gasteiger partial charge in [-0.1, -0.05) is 48.0 Å². The predicted molar refractivity (Wildman–Crippen MR) is 84.3 cm³/mol. The molecule has 2 aromatic rings. The number of esters is 1. The van der Waals surface area contributed by atoms with Gasteiger partial charge in [0, 0.05) is 5.56 Å². The number of carbonyl (C=O) groups is 2. The summed E-state index contributed by atoms with van der Waals surface area (Å²) < 4.78 is 5.21. The molecule has 0 fully saturated rings. The Morgan fingerprint density at radius 2 is 1.68 bits per heavy atom. The van der Waals surface area contributed by atoms with Crippen molar-refractivity contribution in [3.05, 3.63) is 71.3 Å². The Labute approximate surface area is 130 Å². The molecule has 0 spiro atoms. The molecule has 0 aliphatic rings. The average molecular weight is 297 g/mol. The maximum atomic E-state index is 12.0. The normalized spacial score (nSPS) is 11.5. The maximum Gasteiger partial charge on any atom is 0.328 e. The van der Waals surface area contributed by atoms with Crippen molar-refractivity contribution < 1.29 is 14.3 Å². The third kappa shape index (κ3) is 4.45. The SMILES string of the molecule is Cc1ccc(COC(=O)[C@@H](C)NC(=O)c2ccccc2)cc1. The Morgan fingerprint density at radius 3 is 2.32 bits per heavy atom. The van der Waals surface area contributed by atoms with Gasteiger partial charge in [-0.2, -0.15) is 0 Å². The molecule has 1 amide bonds. The number of nitrogens with one attached hydrogen (secondary N) is 1. The first-order valence-electron chi connectivity index (χ1n) is 7.14. The van der Waals surface area contributed by atoms with Gasteiger partial charge in [0.25, 0.3) is 5.91 Å². The molecule has 4 nitrogen and oxygen atoms in total. The molecule has 0 aliphatic heterocycles. The van der Waals surface area contributed by atoms with Gasteiger partial charge in [0.15, 0.2) is 0 Å². The maximum absolute atomic E-state index is 12.0. The standard InChI is InChI=1S/C18H19NO3/c1-13-8-10-15(11-9-13)12-22-18(21)14(2)19-17(20)16-6-4-3-5-7-16/h3-11,14H,12H2,1-2H3,(H,19,20)/t14-/m1/s1. The average Bonchev–Trinajstić information content (AvgIpc) is 2.54. The summed E-state index contributed by atoms with van der Waals surface area (Å²) in [5, 5.41) is 2.63. The minimum Gasteiger partial charge on any atom is -0.459 e. The summed E-state index contributed by atoms with van der Waals surface area (Å²) in [4.78, 5) is 23.9. The molecule has 22 heavy (non-hydrogen) atoms. The molecule has 2 rings (SSSR count). The van der Waals surface area contributed by atoms with Crippen LogP contribution in [0.25, 0.3) is 0 Å². The van der Waals surface area contributed by atoms with Crippen molar-refractivity contribution >= 4 is 11.9 Å². The molecule has 4 heteroatoms. The van der Waals surface area contributed by atoms with E-state index in [2.05, 4.69) is 5.32 Å². The molecule has 0 heterocycles. The number of ether oxygens (including phenoxy) is 1. The van der Waals surface area contributed by atoms with E-state index in [0.717, 1.165) is 11.1 Å². The zero-order chi connectivity index (χ0) is 15.9. The van der Waals surface area contributed by atoms with Crippen LogP contribution in [0.1, 0.15) is 28.4 Å². The van der Waals surface area contributed by atoms with E-state index in [1.54, 1.807) is 31.2 Å². The van der Waals surface area contributed by atoms with Gasteiger partial charge in [-0.3, -0.25) is 4.79 Å².